The predicted octanol–water partition coefficient (Wildman–Crippen LogP) is 2.38. The number of hydrogen-bond donors (Lipinski definition) is 1. The van der Waals surface area contributed by atoms with E-state index in [0.717, 1.165) is 17.0 Å². The number of nitrogens with two attached hydrogens (primary N) is 1. The molecule has 1 rings (SSSR count). The van der Waals surface area contributed by atoms with Crippen molar-refractivity contribution in [2.45, 2.75) is 12.5 Å². The summed E-state index contributed by atoms with van der Waals surface area (Å²) in [5.41, 5.74) is 6.90. The molecule has 0 aromatic heterocycles. The molecule has 1 aromatic carbocycles. The van der Waals surface area contributed by atoms with E-state index in [0.29, 0.717) is 6.61 Å². The highest BCUT2D eigenvalue weighted by Crippen LogP contribution is 2.22. The number of benzene rings is 1. The Balaban J connectivity index is 2.65. The minimum Gasteiger partial charge on any atom is -0.385 e. The first-order valence-corrected chi connectivity index (χ1v) is 4.62. The first-order chi connectivity index (χ1) is 6.25. The first kappa shape index (κ1) is 10.5. The second kappa shape index (κ2) is 5.22. The van der Waals surface area contributed by atoms with Crippen molar-refractivity contribution in [3.8, 4) is 0 Å². The molecule has 0 aliphatic carbocycles. The van der Waals surface area contributed by atoms with Gasteiger partial charge in [0.1, 0.15) is 0 Å². The molecular formula is C10H14ClNO. The molecule has 2 nitrogen and oxygen atoms in total. The van der Waals surface area contributed by atoms with Gasteiger partial charge in [0.05, 0.1) is 0 Å². The van der Waals surface area contributed by atoms with Crippen LogP contribution in [0.2, 0.25) is 5.02 Å². The fourth-order valence-corrected chi connectivity index (χ4v) is 1.45. The monoisotopic (exact) mass is 199 g/mol. The van der Waals surface area contributed by atoms with Crippen LogP contribution < -0.4 is 5.73 Å². The van der Waals surface area contributed by atoms with Gasteiger partial charge in [-0.05, 0) is 18.1 Å². The summed E-state index contributed by atoms with van der Waals surface area (Å²) in [6.45, 7) is 0.659. The average molecular weight is 200 g/mol. The number of rotatable bonds is 4. The van der Waals surface area contributed by atoms with Crippen molar-refractivity contribution in [2.24, 2.45) is 5.73 Å². The summed E-state index contributed by atoms with van der Waals surface area (Å²) >= 11 is 5.98. The lowest BCUT2D eigenvalue weighted by molar-refractivity contribution is 0.188. The number of halogens is 1. The van der Waals surface area contributed by atoms with E-state index >= 15 is 0 Å². The molecule has 0 heterocycles. The fourth-order valence-electron chi connectivity index (χ4n) is 1.18. The topological polar surface area (TPSA) is 35.2 Å². The Morgan fingerprint density at radius 1 is 1.46 bits per heavy atom. The van der Waals surface area contributed by atoms with Crippen molar-refractivity contribution in [3.63, 3.8) is 0 Å². The van der Waals surface area contributed by atoms with E-state index in [-0.39, 0.29) is 6.04 Å². The molecule has 0 bridgehead atoms. The van der Waals surface area contributed by atoms with Gasteiger partial charge in [0.25, 0.3) is 0 Å². The number of hydrogen-bond acceptors (Lipinski definition) is 2. The van der Waals surface area contributed by atoms with Crippen molar-refractivity contribution in [2.75, 3.05) is 13.7 Å². The van der Waals surface area contributed by atoms with Gasteiger partial charge in [-0.25, -0.2) is 0 Å². The molecule has 1 aromatic rings. The van der Waals surface area contributed by atoms with Crippen molar-refractivity contribution in [3.05, 3.63) is 34.9 Å². The zero-order chi connectivity index (χ0) is 9.68. The fraction of sp³-hybridized carbons (Fsp3) is 0.400. The highest BCUT2D eigenvalue weighted by Gasteiger charge is 2.08. The molecule has 0 aliphatic heterocycles. The van der Waals surface area contributed by atoms with Crippen molar-refractivity contribution in [1.82, 2.24) is 0 Å². The molecular weight excluding hydrogens is 186 g/mol. The van der Waals surface area contributed by atoms with Gasteiger partial charge in [0.2, 0.25) is 0 Å². The summed E-state index contributed by atoms with van der Waals surface area (Å²) < 4.78 is 4.95. The molecule has 1 unspecified atom stereocenters. The van der Waals surface area contributed by atoms with Gasteiger partial charge in [0.15, 0.2) is 0 Å². The van der Waals surface area contributed by atoms with Gasteiger partial charge in [-0.1, -0.05) is 29.8 Å². The molecule has 0 saturated heterocycles. The van der Waals surface area contributed by atoms with Crippen molar-refractivity contribution < 1.29 is 4.74 Å². The summed E-state index contributed by atoms with van der Waals surface area (Å²) in [7, 11) is 1.67. The Morgan fingerprint density at radius 3 is 2.77 bits per heavy atom. The Morgan fingerprint density at radius 2 is 2.15 bits per heavy atom. The van der Waals surface area contributed by atoms with Crippen LogP contribution in [0.25, 0.3) is 0 Å². The highest BCUT2D eigenvalue weighted by molar-refractivity contribution is 6.31. The highest BCUT2D eigenvalue weighted by atomic mass is 35.5. The molecule has 0 fully saturated rings. The molecule has 1 atom stereocenters. The Hall–Kier alpha value is -0.570. The smallest absolute Gasteiger partial charge is 0.0480 e. The number of methoxy groups -OCH3 is 1. The van der Waals surface area contributed by atoms with Crippen LogP contribution >= 0.6 is 11.6 Å². The van der Waals surface area contributed by atoms with Crippen LogP contribution in [0.15, 0.2) is 24.3 Å². The lowest BCUT2D eigenvalue weighted by atomic mass is 10.1. The molecule has 3 heteroatoms. The summed E-state index contributed by atoms with van der Waals surface area (Å²) in [5.74, 6) is 0. The largest absolute Gasteiger partial charge is 0.385 e. The average Bonchev–Trinajstić information content (AvgIpc) is 2.15. The van der Waals surface area contributed by atoms with E-state index in [1.165, 1.54) is 0 Å². The van der Waals surface area contributed by atoms with E-state index in [1.807, 2.05) is 24.3 Å². The normalized spacial score (nSPS) is 12.8. The van der Waals surface area contributed by atoms with Crippen LogP contribution in [0.5, 0.6) is 0 Å². The summed E-state index contributed by atoms with van der Waals surface area (Å²) in [6.07, 6.45) is 0.792. The van der Waals surface area contributed by atoms with E-state index in [4.69, 9.17) is 22.1 Å². The molecule has 72 valence electrons. The van der Waals surface area contributed by atoms with E-state index in [9.17, 15) is 0 Å². The molecule has 2 N–H and O–H groups in total. The van der Waals surface area contributed by atoms with Gasteiger partial charge in [-0.3, -0.25) is 0 Å². The second-order valence-corrected chi connectivity index (χ2v) is 3.32. The van der Waals surface area contributed by atoms with Crippen LogP contribution in [0.4, 0.5) is 0 Å². The van der Waals surface area contributed by atoms with Crippen LogP contribution in [0.3, 0.4) is 0 Å². The van der Waals surface area contributed by atoms with Gasteiger partial charge < -0.3 is 10.5 Å². The van der Waals surface area contributed by atoms with Crippen LogP contribution in [0.1, 0.15) is 18.0 Å². The van der Waals surface area contributed by atoms with Crippen molar-refractivity contribution in [1.29, 1.82) is 0 Å². The maximum absolute atomic E-state index is 5.98. The third-order valence-corrected chi connectivity index (χ3v) is 2.28. The summed E-state index contributed by atoms with van der Waals surface area (Å²) in [5, 5.41) is 0.728. The van der Waals surface area contributed by atoms with Crippen LogP contribution in [0, 0.1) is 0 Å². The molecule has 0 spiro atoms. The Labute approximate surface area is 83.6 Å². The summed E-state index contributed by atoms with van der Waals surface area (Å²) in [4.78, 5) is 0. The molecule has 0 saturated carbocycles. The van der Waals surface area contributed by atoms with Crippen molar-refractivity contribution >= 4 is 11.6 Å². The quantitative estimate of drug-likeness (QED) is 0.808. The van der Waals surface area contributed by atoms with Gasteiger partial charge >= 0.3 is 0 Å². The van der Waals surface area contributed by atoms with E-state index < -0.39 is 0 Å². The van der Waals surface area contributed by atoms with E-state index in [2.05, 4.69) is 0 Å². The SMILES string of the molecule is COCCC(N)c1ccccc1Cl. The standard InChI is InChI=1S/C10H14ClNO/c1-13-7-6-10(12)8-4-2-3-5-9(8)11/h2-5,10H,6-7,12H2,1H3. The lowest BCUT2D eigenvalue weighted by Gasteiger charge is -2.12. The van der Waals surface area contributed by atoms with Crippen LogP contribution in [-0.2, 0) is 4.74 Å². The minimum atomic E-state index is -0.0337. The van der Waals surface area contributed by atoms with Gasteiger partial charge in [0, 0.05) is 24.8 Å². The lowest BCUT2D eigenvalue weighted by Crippen LogP contribution is -2.12. The van der Waals surface area contributed by atoms with E-state index in [1.54, 1.807) is 7.11 Å². The maximum atomic E-state index is 5.98. The summed E-state index contributed by atoms with van der Waals surface area (Å²) in [6, 6.07) is 7.60. The zero-order valence-corrected chi connectivity index (χ0v) is 8.42. The number of ether oxygens (including phenoxy) is 1. The maximum Gasteiger partial charge on any atom is 0.0480 e. The Kier molecular flexibility index (Phi) is 4.22. The van der Waals surface area contributed by atoms with Crippen LogP contribution in [-0.4, -0.2) is 13.7 Å². The Bertz CT molecular complexity index is 265. The third-order valence-electron chi connectivity index (χ3n) is 1.94. The third kappa shape index (κ3) is 2.99. The first-order valence-electron chi connectivity index (χ1n) is 4.24. The molecule has 0 amide bonds. The van der Waals surface area contributed by atoms with Gasteiger partial charge in [-0.15, -0.1) is 0 Å². The zero-order valence-electron chi connectivity index (χ0n) is 7.66. The molecule has 0 aliphatic rings. The van der Waals surface area contributed by atoms with Gasteiger partial charge in [-0.2, -0.15) is 0 Å². The second-order valence-electron chi connectivity index (χ2n) is 2.91. The molecule has 13 heavy (non-hydrogen) atoms. The molecule has 0 radical (unpaired) electrons. The predicted molar refractivity (Wildman–Crippen MR) is 54.9 cm³/mol. The minimum absolute atomic E-state index is 0.0337.